The van der Waals surface area contributed by atoms with E-state index >= 15 is 0 Å². The smallest absolute Gasteiger partial charge is 0.0395 e. The van der Waals surface area contributed by atoms with E-state index in [0.29, 0.717) is 4.83 Å². The minimum absolute atomic E-state index is 0.542. The van der Waals surface area contributed by atoms with Crippen molar-refractivity contribution in [2.24, 2.45) is 0 Å². The van der Waals surface area contributed by atoms with Crippen LogP contribution in [-0.4, -0.2) is 0 Å². The minimum atomic E-state index is 0.542. The predicted molar refractivity (Wildman–Crippen MR) is 71.5 cm³/mol. The summed E-state index contributed by atoms with van der Waals surface area (Å²) in [5, 5.41) is 0. The SMILES string of the molecule is CCCCCCCC(Br)c1ccccc1. The van der Waals surface area contributed by atoms with Gasteiger partial charge in [-0.15, -0.1) is 0 Å². The normalized spacial score (nSPS) is 12.7. The molecule has 1 aromatic rings. The molecule has 0 fully saturated rings. The Kier molecular flexibility index (Phi) is 6.74. The highest BCUT2D eigenvalue weighted by Gasteiger charge is 2.05. The molecule has 1 rings (SSSR count). The molecule has 0 radical (unpaired) electrons. The number of unbranched alkanes of at least 4 members (excludes halogenated alkanes) is 4. The van der Waals surface area contributed by atoms with E-state index in [0.717, 1.165) is 0 Å². The molecule has 0 bridgehead atoms. The van der Waals surface area contributed by atoms with E-state index in [1.54, 1.807) is 0 Å². The topological polar surface area (TPSA) is 0 Å². The molecule has 0 aliphatic rings. The van der Waals surface area contributed by atoms with Crippen molar-refractivity contribution in [3.63, 3.8) is 0 Å². The average Bonchev–Trinajstić information content (AvgIpc) is 2.30. The van der Waals surface area contributed by atoms with Crippen LogP contribution >= 0.6 is 15.9 Å². The zero-order chi connectivity index (χ0) is 10.9. The van der Waals surface area contributed by atoms with Crippen molar-refractivity contribution in [1.82, 2.24) is 0 Å². The summed E-state index contributed by atoms with van der Waals surface area (Å²) in [6.07, 6.45) is 8.08. The maximum absolute atomic E-state index is 3.76. The van der Waals surface area contributed by atoms with Crippen molar-refractivity contribution in [3.8, 4) is 0 Å². The lowest BCUT2D eigenvalue weighted by molar-refractivity contribution is 0.606. The average molecular weight is 269 g/mol. The van der Waals surface area contributed by atoms with Crippen LogP contribution in [0.3, 0.4) is 0 Å². The Balaban J connectivity index is 2.16. The molecule has 1 heteroatoms. The Morgan fingerprint density at radius 2 is 1.67 bits per heavy atom. The van der Waals surface area contributed by atoms with Crippen molar-refractivity contribution in [3.05, 3.63) is 35.9 Å². The summed E-state index contributed by atoms with van der Waals surface area (Å²) >= 11 is 3.76. The highest BCUT2D eigenvalue weighted by atomic mass is 79.9. The van der Waals surface area contributed by atoms with Gasteiger partial charge in [-0.3, -0.25) is 0 Å². The molecule has 84 valence electrons. The lowest BCUT2D eigenvalue weighted by atomic mass is 10.1. The van der Waals surface area contributed by atoms with Crippen LogP contribution in [-0.2, 0) is 0 Å². The first-order valence-corrected chi connectivity index (χ1v) is 6.95. The van der Waals surface area contributed by atoms with E-state index in [-0.39, 0.29) is 0 Å². The van der Waals surface area contributed by atoms with Crippen LogP contribution in [0.5, 0.6) is 0 Å². The molecular weight excluding hydrogens is 248 g/mol. The largest absolute Gasteiger partial charge is 0.0839 e. The van der Waals surface area contributed by atoms with Gasteiger partial charge in [0.05, 0.1) is 0 Å². The van der Waals surface area contributed by atoms with Gasteiger partial charge in [0, 0.05) is 4.83 Å². The summed E-state index contributed by atoms with van der Waals surface area (Å²) in [6.45, 7) is 2.26. The van der Waals surface area contributed by atoms with Gasteiger partial charge in [0.1, 0.15) is 0 Å². The third-order valence-corrected chi connectivity index (χ3v) is 3.71. The van der Waals surface area contributed by atoms with E-state index in [1.165, 1.54) is 44.1 Å². The standard InChI is InChI=1S/C14H21Br/c1-2-3-4-5-9-12-14(15)13-10-7-6-8-11-13/h6-8,10-11,14H,2-5,9,12H2,1H3. The number of benzene rings is 1. The van der Waals surface area contributed by atoms with Crippen molar-refractivity contribution in [2.45, 2.75) is 50.3 Å². The fourth-order valence-corrected chi connectivity index (χ4v) is 2.38. The molecule has 0 aromatic heterocycles. The molecule has 1 unspecified atom stereocenters. The summed E-state index contributed by atoms with van der Waals surface area (Å²) in [5.74, 6) is 0. The zero-order valence-corrected chi connectivity index (χ0v) is 11.2. The first kappa shape index (κ1) is 12.8. The van der Waals surface area contributed by atoms with Crippen LogP contribution in [0.2, 0.25) is 0 Å². The highest BCUT2D eigenvalue weighted by Crippen LogP contribution is 2.28. The molecule has 0 amide bonds. The van der Waals surface area contributed by atoms with E-state index in [2.05, 4.69) is 53.2 Å². The summed E-state index contributed by atoms with van der Waals surface area (Å²) in [5.41, 5.74) is 1.41. The fourth-order valence-electron chi connectivity index (χ4n) is 1.76. The van der Waals surface area contributed by atoms with Crippen molar-refractivity contribution < 1.29 is 0 Å². The number of hydrogen-bond donors (Lipinski definition) is 0. The molecule has 0 saturated carbocycles. The van der Waals surface area contributed by atoms with Crippen molar-refractivity contribution >= 4 is 15.9 Å². The Hall–Kier alpha value is -0.300. The first-order chi connectivity index (χ1) is 7.34. The molecule has 15 heavy (non-hydrogen) atoms. The quantitative estimate of drug-likeness (QED) is 0.454. The van der Waals surface area contributed by atoms with Crippen LogP contribution in [0.25, 0.3) is 0 Å². The Labute approximate surface area is 102 Å². The zero-order valence-electron chi connectivity index (χ0n) is 9.58. The van der Waals surface area contributed by atoms with Crippen LogP contribution < -0.4 is 0 Å². The van der Waals surface area contributed by atoms with Crippen LogP contribution in [0.15, 0.2) is 30.3 Å². The number of alkyl halides is 1. The molecule has 1 atom stereocenters. The maximum atomic E-state index is 3.76. The van der Waals surface area contributed by atoms with Crippen molar-refractivity contribution in [2.75, 3.05) is 0 Å². The molecule has 0 aliphatic carbocycles. The van der Waals surface area contributed by atoms with Gasteiger partial charge in [-0.1, -0.05) is 85.3 Å². The van der Waals surface area contributed by atoms with Crippen LogP contribution in [0.1, 0.15) is 55.8 Å². The third kappa shape index (κ3) is 5.36. The van der Waals surface area contributed by atoms with Gasteiger partial charge in [0.2, 0.25) is 0 Å². The van der Waals surface area contributed by atoms with E-state index in [9.17, 15) is 0 Å². The molecule has 1 aromatic carbocycles. The molecule has 0 saturated heterocycles. The first-order valence-electron chi connectivity index (χ1n) is 6.03. The van der Waals surface area contributed by atoms with Gasteiger partial charge in [-0.05, 0) is 12.0 Å². The second-order valence-corrected chi connectivity index (χ2v) is 5.19. The molecule has 0 N–H and O–H groups in total. The number of halogens is 1. The second kappa shape index (κ2) is 7.92. The highest BCUT2D eigenvalue weighted by molar-refractivity contribution is 9.09. The number of hydrogen-bond acceptors (Lipinski definition) is 0. The van der Waals surface area contributed by atoms with Crippen LogP contribution in [0, 0.1) is 0 Å². The van der Waals surface area contributed by atoms with Gasteiger partial charge in [-0.25, -0.2) is 0 Å². The molecule has 0 aliphatic heterocycles. The summed E-state index contributed by atoms with van der Waals surface area (Å²) in [6, 6.07) is 10.7. The monoisotopic (exact) mass is 268 g/mol. The maximum Gasteiger partial charge on any atom is 0.0395 e. The Morgan fingerprint density at radius 3 is 2.33 bits per heavy atom. The molecule has 0 nitrogen and oxygen atoms in total. The fraction of sp³-hybridized carbons (Fsp3) is 0.571. The van der Waals surface area contributed by atoms with E-state index in [4.69, 9.17) is 0 Å². The second-order valence-electron chi connectivity index (χ2n) is 4.08. The molecular formula is C14H21Br. The molecule has 0 spiro atoms. The molecule has 0 heterocycles. The summed E-state index contributed by atoms with van der Waals surface area (Å²) in [7, 11) is 0. The van der Waals surface area contributed by atoms with Gasteiger partial charge in [0.15, 0.2) is 0 Å². The van der Waals surface area contributed by atoms with Gasteiger partial charge in [-0.2, -0.15) is 0 Å². The minimum Gasteiger partial charge on any atom is -0.0839 e. The van der Waals surface area contributed by atoms with E-state index in [1.807, 2.05) is 0 Å². The third-order valence-electron chi connectivity index (χ3n) is 2.72. The van der Waals surface area contributed by atoms with Crippen LogP contribution in [0.4, 0.5) is 0 Å². The number of rotatable bonds is 7. The summed E-state index contributed by atoms with van der Waals surface area (Å²) in [4.78, 5) is 0.542. The summed E-state index contributed by atoms with van der Waals surface area (Å²) < 4.78 is 0. The van der Waals surface area contributed by atoms with Gasteiger partial charge in [0.25, 0.3) is 0 Å². The van der Waals surface area contributed by atoms with Gasteiger partial charge >= 0.3 is 0 Å². The predicted octanol–water partition coefficient (Wildman–Crippen LogP) is 5.48. The Bertz CT molecular complexity index is 243. The van der Waals surface area contributed by atoms with Gasteiger partial charge < -0.3 is 0 Å². The lowest BCUT2D eigenvalue weighted by Gasteiger charge is -2.09. The van der Waals surface area contributed by atoms with E-state index < -0.39 is 0 Å². The van der Waals surface area contributed by atoms with Crippen molar-refractivity contribution in [1.29, 1.82) is 0 Å². The lowest BCUT2D eigenvalue weighted by Crippen LogP contribution is -1.89. The Morgan fingerprint density at radius 1 is 1.00 bits per heavy atom.